The zero-order valence-corrected chi connectivity index (χ0v) is 10.7. The first-order valence-corrected chi connectivity index (χ1v) is 5.86. The third-order valence-electron chi connectivity index (χ3n) is 2.44. The van der Waals surface area contributed by atoms with Gasteiger partial charge >= 0.3 is 0 Å². The Kier molecular flexibility index (Phi) is 5.74. The van der Waals surface area contributed by atoms with Gasteiger partial charge in [0.1, 0.15) is 11.7 Å². The van der Waals surface area contributed by atoms with Crippen molar-refractivity contribution in [3.8, 4) is 0 Å². The summed E-state index contributed by atoms with van der Waals surface area (Å²) in [6, 6.07) is 4.16. The lowest BCUT2D eigenvalue weighted by Gasteiger charge is -2.14. The Balaban J connectivity index is 2.64. The molecule has 1 unspecified atom stereocenters. The maximum Gasteiger partial charge on any atom is 0.123 e. The fourth-order valence-corrected chi connectivity index (χ4v) is 1.49. The van der Waals surface area contributed by atoms with Crippen molar-refractivity contribution in [2.75, 3.05) is 13.2 Å². The predicted molar refractivity (Wildman–Crippen MR) is 68.2 cm³/mol. The molecule has 0 radical (unpaired) electrons. The molecule has 0 bridgehead atoms. The minimum absolute atomic E-state index is 0.0604. The van der Waals surface area contributed by atoms with E-state index in [9.17, 15) is 4.39 Å². The molecule has 1 aromatic carbocycles. The molecule has 0 saturated carbocycles. The highest BCUT2D eigenvalue weighted by Crippen LogP contribution is 2.13. The van der Waals surface area contributed by atoms with Crippen LogP contribution in [0.25, 0.3) is 0 Å². The highest BCUT2D eigenvalue weighted by atomic mass is 19.1. The van der Waals surface area contributed by atoms with Gasteiger partial charge < -0.3 is 15.2 Å². The minimum Gasteiger partial charge on any atom is -0.384 e. The molecular formula is C13H19FN2O2. The van der Waals surface area contributed by atoms with Gasteiger partial charge in [-0.25, -0.2) is 4.39 Å². The monoisotopic (exact) mass is 254 g/mol. The van der Waals surface area contributed by atoms with Gasteiger partial charge in [0, 0.05) is 12.2 Å². The first-order chi connectivity index (χ1) is 8.54. The lowest BCUT2D eigenvalue weighted by Crippen LogP contribution is -2.18. The van der Waals surface area contributed by atoms with Gasteiger partial charge in [-0.15, -0.1) is 0 Å². The van der Waals surface area contributed by atoms with Crippen molar-refractivity contribution >= 4 is 5.84 Å². The molecule has 1 atom stereocenters. The summed E-state index contributed by atoms with van der Waals surface area (Å²) in [5.41, 5.74) is 6.48. The van der Waals surface area contributed by atoms with E-state index < -0.39 is 5.82 Å². The Labute approximate surface area is 106 Å². The molecule has 5 heteroatoms. The van der Waals surface area contributed by atoms with Crippen molar-refractivity contribution in [2.24, 2.45) is 5.73 Å². The molecule has 1 aromatic rings. The Morgan fingerprint density at radius 1 is 1.50 bits per heavy atom. The van der Waals surface area contributed by atoms with Crippen LogP contribution < -0.4 is 5.73 Å². The molecule has 0 aliphatic carbocycles. The quantitative estimate of drug-likeness (QED) is 0.578. The summed E-state index contributed by atoms with van der Waals surface area (Å²) in [5.74, 6) is -0.572. The second-order valence-electron chi connectivity index (χ2n) is 4.00. The van der Waals surface area contributed by atoms with E-state index in [1.54, 1.807) is 6.07 Å². The highest BCUT2D eigenvalue weighted by Gasteiger charge is 2.09. The molecule has 0 fully saturated rings. The Morgan fingerprint density at radius 2 is 2.22 bits per heavy atom. The van der Waals surface area contributed by atoms with E-state index in [4.69, 9.17) is 20.6 Å². The number of nitrogens with one attached hydrogen (secondary N) is 1. The molecular weight excluding hydrogens is 235 g/mol. The van der Waals surface area contributed by atoms with E-state index in [1.165, 1.54) is 12.1 Å². The van der Waals surface area contributed by atoms with Crippen molar-refractivity contribution in [3.05, 3.63) is 35.1 Å². The maximum absolute atomic E-state index is 13.1. The van der Waals surface area contributed by atoms with Crippen molar-refractivity contribution in [1.29, 1.82) is 5.41 Å². The van der Waals surface area contributed by atoms with Crippen molar-refractivity contribution in [1.82, 2.24) is 0 Å². The van der Waals surface area contributed by atoms with Gasteiger partial charge in [-0.05, 0) is 31.5 Å². The van der Waals surface area contributed by atoms with Crippen molar-refractivity contribution in [2.45, 2.75) is 26.6 Å². The van der Waals surface area contributed by atoms with Gasteiger partial charge in [0.2, 0.25) is 0 Å². The van der Waals surface area contributed by atoms with E-state index in [0.717, 1.165) is 0 Å². The molecule has 1 rings (SSSR count). The molecule has 0 aromatic heterocycles. The predicted octanol–water partition coefficient (Wildman–Crippen LogP) is 2.05. The van der Waals surface area contributed by atoms with E-state index in [-0.39, 0.29) is 18.5 Å². The SMILES string of the molecule is CCOCC(C)OCc1ccc(F)cc1C(=N)N. The van der Waals surface area contributed by atoms with E-state index >= 15 is 0 Å². The summed E-state index contributed by atoms with van der Waals surface area (Å²) in [4.78, 5) is 0. The van der Waals surface area contributed by atoms with Gasteiger partial charge in [-0.3, -0.25) is 5.41 Å². The summed E-state index contributed by atoms with van der Waals surface area (Å²) in [5, 5.41) is 7.40. The number of benzene rings is 1. The standard InChI is InChI=1S/C13H19FN2O2/c1-3-17-7-9(2)18-8-10-4-5-11(14)6-12(10)13(15)16/h4-6,9H,3,7-8H2,1-2H3,(H3,15,16). The van der Waals surface area contributed by atoms with Crippen LogP contribution in [0.2, 0.25) is 0 Å². The van der Waals surface area contributed by atoms with Crippen LogP contribution in [0.5, 0.6) is 0 Å². The number of halogens is 1. The molecule has 100 valence electrons. The first-order valence-electron chi connectivity index (χ1n) is 5.86. The molecule has 0 amide bonds. The Hall–Kier alpha value is -1.46. The van der Waals surface area contributed by atoms with Crippen LogP contribution in [-0.4, -0.2) is 25.2 Å². The fraction of sp³-hybridized carbons (Fsp3) is 0.462. The zero-order chi connectivity index (χ0) is 13.5. The smallest absolute Gasteiger partial charge is 0.123 e. The summed E-state index contributed by atoms with van der Waals surface area (Å²) < 4.78 is 23.8. The largest absolute Gasteiger partial charge is 0.384 e. The lowest BCUT2D eigenvalue weighted by molar-refractivity contribution is -0.0117. The third-order valence-corrected chi connectivity index (χ3v) is 2.44. The fourth-order valence-electron chi connectivity index (χ4n) is 1.49. The number of rotatable bonds is 7. The number of amidine groups is 1. The summed E-state index contributed by atoms with van der Waals surface area (Å²) in [6.07, 6.45) is -0.0604. The average molecular weight is 254 g/mol. The van der Waals surface area contributed by atoms with Crippen molar-refractivity contribution in [3.63, 3.8) is 0 Å². The van der Waals surface area contributed by atoms with E-state index in [1.807, 2.05) is 13.8 Å². The van der Waals surface area contributed by atoms with Gasteiger partial charge in [0.25, 0.3) is 0 Å². The maximum atomic E-state index is 13.1. The van der Waals surface area contributed by atoms with Gasteiger partial charge in [0.05, 0.1) is 19.3 Å². The molecule has 18 heavy (non-hydrogen) atoms. The molecule has 0 aliphatic heterocycles. The second kappa shape index (κ2) is 7.08. The number of nitrogens with two attached hydrogens (primary N) is 1. The van der Waals surface area contributed by atoms with Gasteiger partial charge in [0.15, 0.2) is 0 Å². The molecule has 0 heterocycles. The summed E-state index contributed by atoms with van der Waals surface area (Å²) >= 11 is 0. The van der Waals surface area contributed by atoms with E-state index in [0.29, 0.717) is 24.3 Å². The van der Waals surface area contributed by atoms with E-state index in [2.05, 4.69) is 0 Å². The summed E-state index contributed by atoms with van der Waals surface area (Å²) in [6.45, 7) is 5.24. The van der Waals surface area contributed by atoms with Crippen LogP contribution in [0.1, 0.15) is 25.0 Å². The van der Waals surface area contributed by atoms with Crippen molar-refractivity contribution < 1.29 is 13.9 Å². The number of hydrogen-bond acceptors (Lipinski definition) is 3. The zero-order valence-electron chi connectivity index (χ0n) is 10.7. The Bertz CT molecular complexity index is 410. The summed E-state index contributed by atoms with van der Waals surface area (Å²) in [7, 11) is 0. The number of hydrogen-bond donors (Lipinski definition) is 2. The highest BCUT2D eigenvalue weighted by molar-refractivity contribution is 5.96. The lowest BCUT2D eigenvalue weighted by atomic mass is 10.1. The molecule has 4 nitrogen and oxygen atoms in total. The van der Waals surface area contributed by atoms with Crippen LogP contribution in [0.15, 0.2) is 18.2 Å². The molecule has 0 aliphatic rings. The molecule has 0 saturated heterocycles. The van der Waals surface area contributed by atoms with Crippen LogP contribution in [0.3, 0.4) is 0 Å². The van der Waals surface area contributed by atoms with Gasteiger partial charge in [-0.1, -0.05) is 6.07 Å². The molecule has 0 spiro atoms. The average Bonchev–Trinajstić information content (AvgIpc) is 2.34. The third kappa shape index (κ3) is 4.43. The van der Waals surface area contributed by atoms with Crippen LogP contribution in [0.4, 0.5) is 4.39 Å². The number of nitrogen functional groups attached to an aromatic ring is 1. The first kappa shape index (κ1) is 14.6. The minimum atomic E-state index is -0.411. The van der Waals surface area contributed by atoms with Crippen LogP contribution >= 0.6 is 0 Å². The number of ether oxygens (including phenoxy) is 2. The normalized spacial score (nSPS) is 12.4. The second-order valence-corrected chi connectivity index (χ2v) is 4.00. The Morgan fingerprint density at radius 3 is 2.83 bits per heavy atom. The van der Waals surface area contributed by atoms with Crippen LogP contribution in [0, 0.1) is 11.2 Å². The van der Waals surface area contributed by atoms with Gasteiger partial charge in [-0.2, -0.15) is 0 Å². The topological polar surface area (TPSA) is 68.3 Å². The van der Waals surface area contributed by atoms with Crippen LogP contribution in [-0.2, 0) is 16.1 Å². The molecule has 3 N–H and O–H groups in total.